The van der Waals surface area contributed by atoms with Crippen LogP contribution in [0.2, 0.25) is 0 Å². The van der Waals surface area contributed by atoms with Gasteiger partial charge in [0.05, 0.1) is 5.56 Å². The average Bonchev–Trinajstić information content (AvgIpc) is 2.60. The van der Waals surface area contributed by atoms with Gasteiger partial charge < -0.3 is 10.1 Å². The Morgan fingerprint density at radius 1 is 1.15 bits per heavy atom. The summed E-state index contributed by atoms with van der Waals surface area (Å²) < 4.78 is 67.3. The maximum atomic E-state index is 12.7. The maximum Gasteiger partial charge on any atom is 0.416 e. The van der Waals surface area contributed by atoms with Crippen molar-refractivity contribution in [2.24, 2.45) is 0 Å². The number of benzene rings is 2. The molecule has 0 saturated carbocycles. The van der Waals surface area contributed by atoms with E-state index in [-0.39, 0.29) is 17.0 Å². The Balaban J connectivity index is 2.27. The number of halogens is 5. The number of carbonyl (C=O) groups excluding carboxylic acids is 1. The number of nitriles is 1. The third kappa shape index (κ3) is 5.54. The van der Waals surface area contributed by atoms with E-state index in [1.807, 2.05) is 0 Å². The van der Waals surface area contributed by atoms with Crippen LogP contribution in [-0.2, 0) is 11.0 Å². The molecule has 0 aliphatic heterocycles. The topological polar surface area (TPSA) is 62.1 Å². The van der Waals surface area contributed by atoms with Gasteiger partial charge in [-0.25, -0.2) is 0 Å². The lowest BCUT2D eigenvalue weighted by atomic mass is 10.1. The first kappa shape index (κ1) is 19.9. The Kier molecular flexibility index (Phi) is 6.13. The van der Waals surface area contributed by atoms with Gasteiger partial charge in [0.2, 0.25) is 0 Å². The van der Waals surface area contributed by atoms with Gasteiger partial charge in [0.15, 0.2) is 0 Å². The van der Waals surface area contributed by atoms with E-state index in [0.717, 1.165) is 18.2 Å². The van der Waals surface area contributed by atoms with Crippen LogP contribution in [0, 0.1) is 11.3 Å². The molecular formula is C18H11F5N2O2. The molecule has 0 atom stereocenters. The molecule has 0 aliphatic carbocycles. The van der Waals surface area contributed by atoms with Gasteiger partial charge in [0, 0.05) is 11.3 Å². The third-order valence-electron chi connectivity index (χ3n) is 3.25. The summed E-state index contributed by atoms with van der Waals surface area (Å²) in [5.41, 5.74) is -1.61. The van der Waals surface area contributed by atoms with E-state index in [2.05, 4.69) is 10.1 Å². The Morgan fingerprint density at radius 2 is 1.85 bits per heavy atom. The molecule has 140 valence electrons. The quantitative estimate of drug-likeness (QED) is 0.457. The SMILES string of the molecule is N#CC(=Cc1ccccc1OC(F)F)C(=O)Nc1cccc(C(F)(F)F)c1. The number of rotatable bonds is 5. The van der Waals surface area contributed by atoms with Gasteiger partial charge >= 0.3 is 12.8 Å². The predicted octanol–water partition coefficient (Wildman–Crippen LogP) is 4.85. The van der Waals surface area contributed by atoms with E-state index in [1.54, 1.807) is 6.07 Å². The summed E-state index contributed by atoms with van der Waals surface area (Å²) in [5, 5.41) is 11.3. The Labute approximate surface area is 150 Å². The van der Waals surface area contributed by atoms with E-state index in [4.69, 9.17) is 5.26 Å². The van der Waals surface area contributed by atoms with E-state index >= 15 is 0 Å². The van der Waals surface area contributed by atoms with Gasteiger partial charge in [-0.3, -0.25) is 4.79 Å². The maximum absolute atomic E-state index is 12.7. The zero-order valence-corrected chi connectivity index (χ0v) is 13.4. The molecule has 1 N–H and O–H groups in total. The molecule has 0 saturated heterocycles. The second-order valence-corrected chi connectivity index (χ2v) is 5.12. The minimum absolute atomic E-state index is 0.0357. The molecular weight excluding hydrogens is 371 g/mol. The highest BCUT2D eigenvalue weighted by atomic mass is 19.4. The first-order chi connectivity index (χ1) is 12.7. The summed E-state index contributed by atoms with van der Waals surface area (Å²) in [6.07, 6.45) is -3.60. The van der Waals surface area contributed by atoms with Crippen LogP contribution in [0.25, 0.3) is 6.08 Å². The van der Waals surface area contributed by atoms with Crippen molar-refractivity contribution in [3.63, 3.8) is 0 Å². The van der Waals surface area contributed by atoms with Gasteiger partial charge in [-0.15, -0.1) is 0 Å². The summed E-state index contributed by atoms with van der Waals surface area (Å²) in [6, 6.07) is 10.9. The fraction of sp³-hybridized carbons (Fsp3) is 0.111. The molecule has 4 nitrogen and oxygen atoms in total. The van der Waals surface area contributed by atoms with Crippen molar-refractivity contribution >= 4 is 17.7 Å². The lowest BCUT2D eigenvalue weighted by Crippen LogP contribution is -2.14. The molecule has 0 aliphatic rings. The molecule has 0 spiro atoms. The lowest BCUT2D eigenvalue weighted by molar-refractivity contribution is -0.137. The molecule has 0 bridgehead atoms. The molecule has 9 heteroatoms. The van der Waals surface area contributed by atoms with Crippen LogP contribution >= 0.6 is 0 Å². The van der Waals surface area contributed by atoms with Gasteiger partial charge in [0.1, 0.15) is 17.4 Å². The number of para-hydroxylation sites is 1. The highest BCUT2D eigenvalue weighted by molar-refractivity contribution is 6.09. The van der Waals surface area contributed by atoms with Crippen LogP contribution in [0.1, 0.15) is 11.1 Å². The Morgan fingerprint density at radius 3 is 2.48 bits per heavy atom. The number of hydrogen-bond donors (Lipinski definition) is 1. The van der Waals surface area contributed by atoms with Gasteiger partial charge in [0.25, 0.3) is 5.91 Å². The fourth-order valence-corrected chi connectivity index (χ4v) is 2.08. The Hall–Kier alpha value is -3.41. The van der Waals surface area contributed by atoms with Gasteiger partial charge in [-0.1, -0.05) is 24.3 Å². The third-order valence-corrected chi connectivity index (χ3v) is 3.25. The standard InChI is InChI=1S/C18H11F5N2O2/c19-17(20)27-15-7-2-1-4-11(15)8-12(10-24)16(26)25-14-6-3-5-13(9-14)18(21,22)23/h1-9,17H,(H,25,26). The molecule has 0 radical (unpaired) electrons. The molecule has 2 rings (SSSR count). The number of hydrogen-bond acceptors (Lipinski definition) is 3. The lowest BCUT2D eigenvalue weighted by Gasteiger charge is -2.10. The van der Waals surface area contributed by atoms with E-state index in [9.17, 15) is 26.7 Å². The van der Waals surface area contributed by atoms with Crippen LogP contribution in [0.15, 0.2) is 54.1 Å². The minimum Gasteiger partial charge on any atom is -0.434 e. The van der Waals surface area contributed by atoms with Crippen molar-refractivity contribution < 1.29 is 31.5 Å². The van der Waals surface area contributed by atoms with Crippen molar-refractivity contribution in [1.82, 2.24) is 0 Å². The summed E-state index contributed by atoms with van der Waals surface area (Å²) >= 11 is 0. The van der Waals surface area contributed by atoms with E-state index < -0.39 is 29.8 Å². The highest BCUT2D eigenvalue weighted by Gasteiger charge is 2.30. The molecule has 2 aromatic carbocycles. The van der Waals surface area contributed by atoms with Crippen LogP contribution in [0.4, 0.5) is 27.6 Å². The average molecular weight is 382 g/mol. The van der Waals surface area contributed by atoms with Crippen molar-refractivity contribution in [2.45, 2.75) is 12.8 Å². The largest absolute Gasteiger partial charge is 0.434 e. The first-order valence-electron chi connectivity index (χ1n) is 7.35. The molecule has 0 heterocycles. The highest BCUT2D eigenvalue weighted by Crippen LogP contribution is 2.31. The van der Waals surface area contributed by atoms with E-state index in [0.29, 0.717) is 6.07 Å². The van der Waals surface area contributed by atoms with Crippen molar-refractivity contribution in [2.75, 3.05) is 5.32 Å². The molecule has 0 unspecified atom stereocenters. The van der Waals surface area contributed by atoms with Gasteiger partial charge in [-0.2, -0.15) is 27.2 Å². The number of anilines is 1. The molecule has 27 heavy (non-hydrogen) atoms. The summed E-state index contributed by atoms with van der Waals surface area (Å²) in [6.45, 7) is -3.11. The molecule has 2 aromatic rings. The van der Waals surface area contributed by atoms with E-state index in [1.165, 1.54) is 30.3 Å². The summed E-state index contributed by atoms with van der Waals surface area (Å²) in [5.74, 6) is -1.25. The Bertz CT molecular complexity index is 901. The second kappa shape index (κ2) is 8.31. The smallest absolute Gasteiger partial charge is 0.416 e. The number of alkyl halides is 5. The zero-order valence-electron chi connectivity index (χ0n) is 13.4. The number of nitrogens with zero attached hydrogens (tertiary/aromatic N) is 1. The zero-order chi connectivity index (χ0) is 20.0. The summed E-state index contributed by atoms with van der Waals surface area (Å²) in [4.78, 5) is 12.2. The number of ether oxygens (including phenoxy) is 1. The van der Waals surface area contributed by atoms with Crippen LogP contribution < -0.4 is 10.1 Å². The monoisotopic (exact) mass is 382 g/mol. The molecule has 0 fully saturated rings. The van der Waals surface area contributed by atoms with Crippen molar-refractivity contribution in [1.29, 1.82) is 5.26 Å². The number of carbonyl (C=O) groups is 1. The van der Waals surface area contributed by atoms with Crippen LogP contribution in [-0.4, -0.2) is 12.5 Å². The van der Waals surface area contributed by atoms with Gasteiger partial charge in [-0.05, 0) is 30.3 Å². The minimum atomic E-state index is -4.60. The summed E-state index contributed by atoms with van der Waals surface area (Å²) in [7, 11) is 0. The predicted molar refractivity (Wildman–Crippen MR) is 86.7 cm³/mol. The van der Waals surface area contributed by atoms with Crippen molar-refractivity contribution in [3.05, 3.63) is 65.2 Å². The normalized spacial score (nSPS) is 11.8. The molecule has 1 amide bonds. The van der Waals surface area contributed by atoms with Crippen LogP contribution in [0.5, 0.6) is 5.75 Å². The fourth-order valence-electron chi connectivity index (χ4n) is 2.08. The number of amides is 1. The second-order valence-electron chi connectivity index (χ2n) is 5.12. The number of nitrogens with one attached hydrogen (secondary N) is 1. The molecule has 0 aromatic heterocycles. The first-order valence-corrected chi connectivity index (χ1v) is 7.35. The van der Waals surface area contributed by atoms with Crippen molar-refractivity contribution in [3.8, 4) is 11.8 Å². The van der Waals surface area contributed by atoms with Crippen LogP contribution in [0.3, 0.4) is 0 Å².